The molecule has 0 radical (unpaired) electrons. The lowest BCUT2D eigenvalue weighted by Crippen LogP contribution is -2.47. The molecule has 1 amide bonds. The zero-order valence-corrected chi connectivity index (χ0v) is 21.6. The molecule has 1 fully saturated rings. The standard InChI is InChI=1S/C24H30N6O6S/c1-4-9-29(20(32)12-31)15(2)5-7-18-21(37(3,34)35)22(25)30-23(28-18)17(11-27-30)16-6-8-19(26-10-16)24(33)13-36-14-24/h4,6,8-11,15,31,33H,5,7,12-14,25H2,1-3H3/b9-4-/t15-/m1/s1. The molecule has 0 spiro atoms. The minimum Gasteiger partial charge on any atom is -0.387 e. The lowest BCUT2D eigenvalue weighted by atomic mass is 9.96. The van der Waals surface area contributed by atoms with Gasteiger partial charge in [0.15, 0.2) is 21.1 Å². The highest BCUT2D eigenvalue weighted by molar-refractivity contribution is 7.91. The lowest BCUT2D eigenvalue weighted by Gasteiger charge is -2.35. The van der Waals surface area contributed by atoms with Gasteiger partial charge >= 0.3 is 0 Å². The number of aromatic nitrogens is 4. The third-order valence-corrected chi connectivity index (χ3v) is 7.50. The Hall–Kier alpha value is -3.39. The van der Waals surface area contributed by atoms with E-state index in [1.54, 1.807) is 44.5 Å². The summed E-state index contributed by atoms with van der Waals surface area (Å²) in [6, 6.07) is 3.13. The van der Waals surface area contributed by atoms with Crippen molar-refractivity contribution in [2.75, 3.05) is 31.8 Å². The Balaban J connectivity index is 1.73. The van der Waals surface area contributed by atoms with Crippen LogP contribution >= 0.6 is 0 Å². The first kappa shape index (κ1) is 26.7. The second-order valence-corrected chi connectivity index (χ2v) is 11.1. The van der Waals surface area contributed by atoms with Crippen LogP contribution in [0.5, 0.6) is 0 Å². The number of aryl methyl sites for hydroxylation is 1. The first-order valence-corrected chi connectivity index (χ1v) is 13.6. The first-order valence-electron chi connectivity index (χ1n) is 11.7. The number of nitrogens with zero attached hydrogens (tertiary/aromatic N) is 5. The number of nitrogen functional groups attached to an aromatic ring is 1. The van der Waals surface area contributed by atoms with E-state index in [1.807, 2.05) is 0 Å². The van der Waals surface area contributed by atoms with Crippen molar-refractivity contribution in [2.45, 2.75) is 43.2 Å². The molecule has 4 rings (SSSR count). The van der Waals surface area contributed by atoms with Crippen molar-refractivity contribution in [1.82, 2.24) is 24.5 Å². The maximum absolute atomic E-state index is 12.7. The quantitative estimate of drug-likeness (QED) is 0.357. The third-order valence-electron chi connectivity index (χ3n) is 6.32. The van der Waals surface area contributed by atoms with Crippen LogP contribution in [0.4, 0.5) is 5.82 Å². The Kier molecular flexibility index (Phi) is 7.33. The minimum atomic E-state index is -3.76. The van der Waals surface area contributed by atoms with Gasteiger partial charge in [-0.3, -0.25) is 9.78 Å². The number of fused-ring (bicyclic) bond motifs is 1. The second-order valence-electron chi connectivity index (χ2n) is 9.12. The van der Waals surface area contributed by atoms with Gasteiger partial charge in [0.1, 0.15) is 17.3 Å². The number of carbonyl (C=O) groups excluding carboxylic acids is 1. The molecular weight excluding hydrogens is 500 g/mol. The Morgan fingerprint density at radius 1 is 1.35 bits per heavy atom. The van der Waals surface area contributed by atoms with Gasteiger partial charge in [0.25, 0.3) is 5.91 Å². The maximum Gasteiger partial charge on any atom is 0.252 e. The molecule has 0 aromatic carbocycles. The Labute approximate surface area is 214 Å². The number of hydrogen-bond acceptors (Lipinski definition) is 10. The molecule has 3 aromatic rings. The number of anilines is 1. The lowest BCUT2D eigenvalue weighted by molar-refractivity contribution is -0.186. The summed E-state index contributed by atoms with van der Waals surface area (Å²) < 4.78 is 31.7. The van der Waals surface area contributed by atoms with E-state index < -0.39 is 28.0 Å². The van der Waals surface area contributed by atoms with Crippen LogP contribution in [0, 0.1) is 0 Å². The van der Waals surface area contributed by atoms with Crippen LogP contribution in [-0.2, 0) is 31.4 Å². The Bertz CT molecular complexity index is 1450. The van der Waals surface area contributed by atoms with Gasteiger partial charge in [-0.15, -0.1) is 0 Å². The molecule has 0 unspecified atom stereocenters. The number of rotatable bonds is 9. The van der Waals surface area contributed by atoms with Crippen molar-refractivity contribution < 1.29 is 28.2 Å². The number of allylic oxidation sites excluding steroid dienone is 1. The minimum absolute atomic E-state index is 0.0661. The molecule has 13 heteroatoms. The number of ether oxygens (including phenoxy) is 1. The summed E-state index contributed by atoms with van der Waals surface area (Å²) in [7, 11) is -3.76. The highest BCUT2D eigenvalue weighted by Gasteiger charge is 2.39. The summed E-state index contributed by atoms with van der Waals surface area (Å²) in [6.45, 7) is 3.27. The van der Waals surface area contributed by atoms with Gasteiger partial charge in [-0.05, 0) is 32.8 Å². The molecule has 0 bridgehead atoms. The molecule has 1 aliphatic rings. The number of aliphatic hydroxyl groups excluding tert-OH is 1. The van der Waals surface area contributed by atoms with E-state index in [4.69, 9.17) is 10.5 Å². The average Bonchev–Trinajstić information content (AvgIpc) is 3.27. The van der Waals surface area contributed by atoms with Gasteiger partial charge in [0.05, 0.1) is 30.8 Å². The largest absolute Gasteiger partial charge is 0.387 e. The molecule has 4 heterocycles. The molecule has 198 valence electrons. The predicted molar refractivity (Wildman–Crippen MR) is 135 cm³/mol. The average molecular weight is 531 g/mol. The summed E-state index contributed by atoms with van der Waals surface area (Å²) in [5.74, 6) is -0.535. The molecular formula is C24H30N6O6S. The van der Waals surface area contributed by atoms with E-state index in [9.17, 15) is 23.4 Å². The van der Waals surface area contributed by atoms with Gasteiger partial charge in [-0.25, -0.2) is 13.4 Å². The van der Waals surface area contributed by atoms with E-state index in [2.05, 4.69) is 15.1 Å². The molecule has 0 aliphatic carbocycles. The molecule has 1 atom stereocenters. The molecule has 37 heavy (non-hydrogen) atoms. The number of aliphatic hydroxyl groups is 2. The first-order chi connectivity index (χ1) is 17.5. The van der Waals surface area contributed by atoms with Crippen LogP contribution in [-0.4, -0.2) is 81.1 Å². The van der Waals surface area contributed by atoms with Gasteiger partial charge in [0.2, 0.25) is 0 Å². The zero-order chi connectivity index (χ0) is 27.0. The topological polar surface area (TPSA) is 173 Å². The van der Waals surface area contributed by atoms with Gasteiger partial charge in [0, 0.05) is 35.8 Å². The summed E-state index contributed by atoms with van der Waals surface area (Å²) in [5.41, 5.74) is 7.54. The van der Waals surface area contributed by atoms with Crippen molar-refractivity contribution in [3.63, 3.8) is 0 Å². The van der Waals surface area contributed by atoms with Gasteiger partial charge < -0.3 is 25.6 Å². The Morgan fingerprint density at radius 3 is 2.62 bits per heavy atom. The predicted octanol–water partition coefficient (Wildman–Crippen LogP) is 0.670. The molecule has 4 N–H and O–H groups in total. The van der Waals surface area contributed by atoms with Crippen molar-refractivity contribution in [3.8, 4) is 11.1 Å². The fourth-order valence-electron chi connectivity index (χ4n) is 4.30. The zero-order valence-electron chi connectivity index (χ0n) is 20.8. The number of nitrogens with two attached hydrogens (primary N) is 1. The van der Waals surface area contributed by atoms with Crippen molar-refractivity contribution in [3.05, 3.63) is 48.2 Å². The van der Waals surface area contributed by atoms with E-state index in [0.717, 1.165) is 6.26 Å². The number of sulfone groups is 1. The van der Waals surface area contributed by atoms with Gasteiger partial charge in [-0.2, -0.15) is 9.61 Å². The number of pyridine rings is 1. The molecule has 1 aliphatic heterocycles. The highest BCUT2D eigenvalue weighted by atomic mass is 32.2. The fourth-order valence-corrected chi connectivity index (χ4v) is 5.34. The van der Waals surface area contributed by atoms with E-state index in [-0.39, 0.29) is 42.1 Å². The van der Waals surface area contributed by atoms with Crippen LogP contribution in [0.3, 0.4) is 0 Å². The molecule has 1 saturated heterocycles. The summed E-state index contributed by atoms with van der Waals surface area (Å²) in [5, 5.41) is 24.0. The molecule has 0 saturated carbocycles. The van der Waals surface area contributed by atoms with E-state index in [1.165, 1.54) is 15.6 Å². The van der Waals surface area contributed by atoms with Crippen LogP contribution in [0.2, 0.25) is 0 Å². The van der Waals surface area contributed by atoms with Crippen LogP contribution < -0.4 is 5.73 Å². The van der Waals surface area contributed by atoms with E-state index >= 15 is 0 Å². The second kappa shape index (κ2) is 10.2. The van der Waals surface area contributed by atoms with E-state index in [0.29, 0.717) is 28.9 Å². The van der Waals surface area contributed by atoms with Crippen molar-refractivity contribution in [2.24, 2.45) is 0 Å². The normalized spacial score (nSPS) is 16.1. The smallest absolute Gasteiger partial charge is 0.252 e. The summed E-state index contributed by atoms with van der Waals surface area (Å²) in [4.78, 5) is 22.4. The highest BCUT2D eigenvalue weighted by Crippen LogP contribution is 2.32. The number of amides is 1. The van der Waals surface area contributed by atoms with Crippen LogP contribution in [0.1, 0.15) is 31.7 Å². The van der Waals surface area contributed by atoms with Crippen LogP contribution in [0.15, 0.2) is 41.7 Å². The summed E-state index contributed by atoms with van der Waals surface area (Å²) in [6.07, 6.45) is 7.99. The van der Waals surface area contributed by atoms with Crippen molar-refractivity contribution >= 4 is 27.2 Å². The SMILES string of the molecule is C/C=C\N(C(=O)CO)[C@H](C)CCc1nc2c(-c3ccc(C4(O)COC4)nc3)cnn2c(N)c1S(C)(=O)=O. The monoisotopic (exact) mass is 530 g/mol. The molecule has 12 nitrogen and oxygen atoms in total. The third kappa shape index (κ3) is 5.07. The number of hydrogen-bond donors (Lipinski definition) is 3. The maximum atomic E-state index is 12.7. The van der Waals surface area contributed by atoms with Gasteiger partial charge in [-0.1, -0.05) is 12.1 Å². The van der Waals surface area contributed by atoms with Crippen molar-refractivity contribution in [1.29, 1.82) is 0 Å². The molecule has 3 aromatic heterocycles. The Morgan fingerprint density at radius 2 is 2.08 bits per heavy atom. The summed E-state index contributed by atoms with van der Waals surface area (Å²) >= 11 is 0. The number of carbonyl (C=O) groups is 1. The fraction of sp³-hybridized carbons (Fsp3) is 0.417. The van der Waals surface area contributed by atoms with Crippen LogP contribution in [0.25, 0.3) is 16.8 Å².